The van der Waals surface area contributed by atoms with Crippen molar-refractivity contribution in [2.45, 2.75) is 25.9 Å². The molecular formula is C11H15Cl2N3. The minimum atomic E-state index is 0.391. The van der Waals surface area contributed by atoms with Gasteiger partial charge in [-0.2, -0.15) is 0 Å². The van der Waals surface area contributed by atoms with Crippen molar-refractivity contribution in [2.24, 2.45) is 0 Å². The average Bonchev–Trinajstić information content (AvgIpc) is 2.22. The standard InChI is InChI=1S/C11H15Cl2N3/c1-7-6-16(8(2)4-14-7)11-10(13)3-9(12)5-15-11/h3,5,7-8,14H,4,6H2,1-2H3. The van der Waals surface area contributed by atoms with Gasteiger partial charge in [-0.25, -0.2) is 4.98 Å². The zero-order valence-electron chi connectivity index (χ0n) is 9.37. The zero-order chi connectivity index (χ0) is 11.7. The molecule has 0 aromatic carbocycles. The average molecular weight is 260 g/mol. The van der Waals surface area contributed by atoms with Gasteiger partial charge < -0.3 is 10.2 Å². The molecule has 3 nitrogen and oxygen atoms in total. The number of hydrogen-bond donors (Lipinski definition) is 1. The van der Waals surface area contributed by atoms with Gasteiger partial charge in [-0.1, -0.05) is 23.2 Å². The number of halogens is 2. The Morgan fingerprint density at radius 3 is 2.88 bits per heavy atom. The summed E-state index contributed by atoms with van der Waals surface area (Å²) >= 11 is 12.0. The largest absolute Gasteiger partial charge is 0.350 e. The van der Waals surface area contributed by atoms with Gasteiger partial charge in [0.2, 0.25) is 0 Å². The lowest BCUT2D eigenvalue weighted by molar-refractivity contribution is 0.422. The van der Waals surface area contributed by atoms with Crippen molar-refractivity contribution >= 4 is 29.0 Å². The second kappa shape index (κ2) is 4.78. The number of nitrogens with zero attached hydrogens (tertiary/aromatic N) is 2. The van der Waals surface area contributed by atoms with E-state index >= 15 is 0 Å². The number of aromatic nitrogens is 1. The van der Waals surface area contributed by atoms with Crippen LogP contribution in [-0.2, 0) is 0 Å². The molecule has 0 aliphatic carbocycles. The Labute approximate surface area is 106 Å². The molecule has 2 rings (SSSR count). The Morgan fingerprint density at radius 2 is 2.19 bits per heavy atom. The molecule has 2 atom stereocenters. The predicted octanol–water partition coefficient (Wildman–Crippen LogP) is 2.58. The Hall–Kier alpha value is -0.510. The van der Waals surface area contributed by atoms with Gasteiger partial charge in [0.25, 0.3) is 0 Å². The van der Waals surface area contributed by atoms with Crippen molar-refractivity contribution in [1.82, 2.24) is 10.3 Å². The molecule has 1 aliphatic heterocycles. The number of piperazine rings is 1. The van der Waals surface area contributed by atoms with Crippen LogP contribution in [0.25, 0.3) is 0 Å². The van der Waals surface area contributed by atoms with E-state index in [1.165, 1.54) is 0 Å². The third kappa shape index (κ3) is 2.42. The van der Waals surface area contributed by atoms with Crippen LogP contribution in [-0.4, -0.2) is 30.2 Å². The second-order valence-corrected chi connectivity index (χ2v) is 5.11. The fraction of sp³-hybridized carbons (Fsp3) is 0.545. The third-order valence-electron chi connectivity index (χ3n) is 2.82. The molecule has 1 fully saturated rings. The van der Waals surface area contributed by atoms with Crippen molar-refractivity contribution in [1.29, 1.82) is 0 Å². The van der Waals surface area contributed by atoms with Crippen molar-refractivity contribution in [2.75, 3.05) is 18.0 Å². The molecule has 1 saturated heterocycles. The summed E-state index contributed by atoms with van der Waals surface area (Å²) < 4.78 is 0. The summed E-state index contributed by atoms with van der Waals surface area (Å²) in [6.45, 7) is 6.17. The molecule has 0 bridgehead atoms. The number of anilines is 1. The van der Waals surface area contributed by atoms with Crippen LogP contribution in [0.5, 0.6) is 0 Å². The van der Waals surface area contributed by atoms with Gasteiger partial charge in [0.05, 0.1) is 10.0 Å². The molecule has 5 heteroatoms. The molecule has 88 valence electrons. The van der Waals surface area contributed by atoms with Crippen molar-refractivity contribution in [3.05, 3.63) is 22.3 Å². The highest BCUT2D eigenvalue weighted by Gasteiger charge is 2.24. The Morgan fingerprint density at radius 1 is 1.44 bits per heavy atom. The highest BCUT2D eigenvalue weighted by molar-refractivity contribution is 6.36. The van der Waals surface area contributed by atoms with Gasteiger partial charge in [-0.3, -0.25) is 0 Å². The first-order valence-electron chi connectivity index (χ1n) is 5.39. The fourth-order valence-corrected chi connectivity index (χ4v) is 2.42. The van der Waals surface area contributed by atoms with E-state index in [-0.39, 0.29) is 0 Å². The minimum absolute atomic E-state index is 0.391. The molecule has 0 spiro atoms. The molecule has 2 unspecified atom stereocenters. The number of rotatable bonds is 1. The highest BCUT2D eigenvalue weighted by Crippen LogP contribution is 2.28. The quantitative estimate of drug-likeness (QED) is 0.841. The van der Waals surface area contributed by atoms with E-state index in [0.717, 1.165) is 18.9 Å². The van der Waals surface area contributed by atoms with Crippen LogP contribution in [0.2, 0.25) is 10.0 Å². The summed E-state index contributed by atoms with van der Waals surface area (Å²) in [4.78, 5) is 6.54. The number of pyridine rings is 1. The molecule has 16 heavy (non-hydrogen) atoms. The minimum Gasteiger partial charge on any atom is -0.350 e. The summed E-state index contributed by atoms with van der Waals surface area (Å²) in [7, 11) is 0. The van der Waals surface area contributed by atoms with Crippen LogP contribution in [0.1, 0.15) is 13.8 Å². The second-order valence-electron chi connectivity index (χ2n) is 4.27. The topological polar surface area (TPSA) is 28.2 Å². The summed E-state index contributed by atoms with van der Waals surface area (Å²) in [5.74, 6) is 0.826. The molecule has 2 heterocycles. The van der Waals surface area contributed by atoms with Gasteiger partial charge in [0.15, 0.2) is 0 Å². The molecule has 1 aliphatic rings. The molecular weight excluding hydrogens is 245 g/mol. The maximum atomic E-state index is 6.17. The van der Waals surface area contributed by atoms with E-state index in [9.17, 15) is 0 Å². The van der Waals surface area contributed by atoms with Crippen LogP contribution in [0.15, 0.2) is 12.3 Å². The maximum absolute atomic E-state index is 6.17. The fourth-order valence-electron chi connectivity index (χ4n) is 1.94. The van der Waals surface area contributed by atoms with Crippen LogP contribution in [0, 0.1) is 0 Å². The monoisotopic (exact) mass is 259 g/mol. The highest BCUT2D eigenvalue weighted by atomic mass is 35.5. The summed E-state index contributed by atoms with van der Waals surface area (Å²) in [5, 5.41) is 4.62. The van der Waals surface area contributed by atoms with E-state index in [1.54, 1.807) is 12.3 Å². The van der Waals surface area contributed by atoms with Gasteiger partial charge in [0, 0.05) is 31.4 Å². The lowest BCUT2D eigenvalue weighted by Crippen LogP contribution is -2.54. The van der Waals surface area contributed by atoms with E-state index in [4.69, 9.17) is 23.2 Å². The van der Waals surface area contributed by atoms with Crippen molar-refractivity contribution in [3.63, 3.8) is 0 Å². The summed E-state index contributed by atoms with van der Waals surface area (Å²) in [6, 6.07) is 2.58. The Bertz CT molecular complexity index is 383. The van der Waals surface area contributed by atoms with Crippen LogP contribution in [0.4, 0.5) is 5.82 Å². The SMILES string of the molecule is CC1CN(c2ncc(Cl)cc2Cl)C(C)CN1. The molecule has 0 saturated carbocycles. The summed E-state index contributed by atoms with van der Waals surface area (Å²) in [6.07, 6.45) is 1.64. The van der Waals surface area contributed by atoms with Gasteiger partial charge in [-0.15, -0.1) is 0 Å². The Balaban J connectivity index is 2.28. The lowest BCUT2D eigenvalue weighted by Gasteiger charge is -2.38. The first kappa shape index (κ1) is 12.0. The van der Waals surface area contributed by atoms with Crippen molar-refractivity contribution < 1.29 is 0 Å². The van der Waals surface area contributed by atoms with E-state index < -0.39 is 0 Å². The molecule has 0 radical (unpaired) electrons. The molecule has 1 N–H and O–H groups in total. The molecule has 1 aromatic rings. The smallest absolute Gasteiger partial charge is 0.147 e. The predicted molar refractivity (Wildman–Crippen MR) is 68.5 cm³/mol. The van der Waals surface area contributed by atoms with Crippen LogP contribution in [0.3, 0.4) is 0 Å². The number of hydrogen-bond acceptors (Lipinski definition) is 3. The normalized spacial score (nSPS) is 25.9. The van der Waals surface area contributed by atoms with Gasteiger partial charge in [-0.05, 0) is 19.9 Å². The lowest BCUT2D eigenvalue weighted by atomic mass is 10.1. The maximum Gasteiger partial charge on any atom is 0.147 e. The van der Waals surface area contributed by atoms with E-state index in [2.05, 4.69) is 29.0 Å². The first-order chi connectivity index (χ1) is 7.58. The zero-order valence-corrected chi connectivity index (χ0v) is 10.9. The first-order valence-corrected chi connectivity index (χ1v) is 6.14. The molecule has 1 aromatic heterocycles. The van der Waals surface area contributed by atoms with E-state index in [1.807, 2.05) is 0 Å². The van der Waals surface area contributed by atoms with Crippen LogP contribution < -0.4 is 10.2 Å². The van der Waals surface area contributed by atoms with Gasteiger partial charge in [0.1, 0.15) is 5.82 Å². The van der Waals surface area contributed by atoms with Crippen LogP contribution >= 0.6 is 23.2 Å². The Kier molecular flexibility index (Phi) is 3.57. The summed E-state index contributed by atoms with van der Waals surface area (Å²) in [5.41, 5.74) is 0. The number of nitrogens with one attached hydrogen (secondary N) is 1. The third-order valence-corrected chi connectivity index (χ3v) is 3.31. The van der Waals surface area contributed by atoms with E-state index in [0.29, 0.717) is 22.1 Å². The van der Waals surface area contributed by atoms with Crippen molar-refractivity contribution in [3.8, 4) is 0 Å². The molecule has 0 amide bonds. The van der Waals surface area contributed by atoms with Gasteiger partial charge >= 0.3 is 0 Å².